The smallest absolute Gasteiger partial charge is 0.459 e. The van der Waals surface area contributed by atoms with Crippen molar-refractivity contribution in [2.45, 2.75) is 109 Å². The van der Waals surface area contributed by atoms with Gasteiger partial charge in [0.15, 0.2) is 6.23 Å². The van der Waals surface area contributed by atoms with Crippen molar-refractivity contribution in [2.75, 3.05) is 26.9 Å². The zero-order chi connectivity index (χ0) is 47.0. The summed E-state index contributed by atoms with van der Waals surface area (Å²) in [6.07, 6.45) is -5.66. The summed E-state index contributed by atoms with van der Waals surface area (Å²) in [6, 6.07) is 14.1. The maximum atomic E-state index is 14.5. The lowest BCUT2D eigenvalue weighted by molar-refractivity contribution is -0.154. The summed E-state index contributed by atoms with van der Waals surface area (Å²) >= 11 is 0. The van der Waals surface area contributed by atoms with Gasteiger partial charge in [-0.15, -0.1) is 0 Å². The lowest BCUT2D eigenvalue weighted by Crippen LogP contribution is -2.39. The number of carbonyl (C=O) groups is 2. The van der Waals surface area contributed by atoms with E-state index < -0.39 is 97.8 Å². The summed E-state index contributed by atoms with van der Waals surface area (Å²) in [6.45, 7) is 15.3. The predicted octanol–water partition coefficient (Wildman–Crippen LogP) is 3.97. The number of aryl methyl sites for hydroxylation is 2. The van der Waals surface area contributed by atoms with Gasteiger partial charge in [-0.1, -0.05) is 49.4 Å². The van der Waals surface area contributed by atoms with Crippen LogP contribution in [0.3, 0.4) is 0 Å². The van der Waals surface area contributed by atoms with E-state index in [1.54, 1.807) is 6.92 Å². The van der Waals surface area contributed by atoms with Crippen molar-refractivity contribution in [3.63, 3.8) is 0 Å². The van der Waals surface area contributed by atoms with Gasteiger partial charge in [-0.2, -0.15) is 0 Å². The number of phosphoric ester groups is 1. The number of phosphoric acid groups is 1. The van der Waals surface area contributed by atoms with Gasteiger partial charge in [0, 0.05) is 44.0 Å². The quantitative estimate of drug-likeness (QED) is 0.0522. The van der Waals surface area contributed by atoms with Gasteiger partial charge in [0.25, 0.3) is 11.1 Å². The van der Waals surface area contributed by atoms with Gasteiger partial charge < -0.3 is 29.1 Å². The number of benzene rings is 2. The van der Waals surface area contributed by atoms with Crippen molar-refractivity contribution in [3.05, 3.63) is 147 Å². The normalized spacial score (nSPS) is 23.1. The van der Waals surface area contributed by atoms with Gasteiger partial charge in [-0.3, -0.25) is 51.9 Å². The highest BCUT2D eigenvalue weighted by atomic mass is 31.2. The molecule has 9 atom stereocenters. The van der Waals surface area contributed by atoms with Gasteiger partial charge >= 0.3 is 25.2 Å². The molecule has 6 rings (SSSR count). The van der Waals surface area contributed by atoms with Crippen molar-refractivity contribution < 1.29 is 46.7 Å². The first kappa shape index (κ1) is 48.7. The second-order valence-electron chi connectivity index (χ2n) is 15.7. The number of esters is 1. The molecule has 20 nitrogen and oxygen atoms in total. The van der Waals surface area contributed by atoms with E-state index in [1.807, 2.05) is 63.2 Å². The zero-order valence-corrected chi connectivity index (χ0v) is 37.7. The Hall–Kier alpha value is -5.78. The summed E-state index contributed by atoms with van der Waals surface area (Å²) in [5, 5.41) is 3.07. The second kappa shape index (κ2) is 21.5. The van der Waals surface area contributed by atoms with Crippen molar-refractivity contribution >= 4 is 19.7 Å². The fourth-order valence-corrected chi connectivity index (χ4v) is 9.16. The zero-order valence-electron chi connectivity index (χ0n) is 36.8. The fraction of sp³-hybridized carbons (Fsp3) is 0.477. The van der Waals surface area contributed by atoms with Crippen LogP contribution in [0.25, 0.3) is 4.85 Å². The monoisotopic (exact) mass is 920 g/mol. The molecule has 21 heteroatoms. The molecule has 4 heterocycles. The molecule has 4 aromatic rings. The highest BCUT2D eigenvalue weighted by molar-refractivity contribution is 7.48. The summed E-state index contributed by atoms with van der Waals surface area (Å²) in [7, 11) is -3.38. The summed E-state index contributed by atoms with van der Waals surface area (Å²) in [5.41, 5.74) is 2.37. The third kappa shape index (κ3) is 11.6. The molecule has 0 saturated carbocycles. The van der Waals surface area contributed by atoms with Crippen molar-refractivity contribution in [1.82, 2.24) is 24.4 Å². The van der Waals surface area contributed by atoms with Gasteiger partial charge in [0.05, 0.1) is 25.2 Å². The molecule has 1 amide bonds. The molecule has 2 aromatic carbocycles. The Labute approximate surface area is 373 Å². The molecule has 9 unspecified atom stereocenters. The molecule has 2 aliphatic rings. The van der Waals surface area contributed by atoms with E-state index in [0.717, 1.165) is 43.0 Å². The number of aromatic nitrogens is 4. The number of rotatable bonds is 19. The molecule has 65 heavy (non-hydrogen) atoms. The molecule has 3 N–H and O–H groups in total. The molecular formula is C44H53N6O14P. The van der Waals surface area contributed by atoms with Crippen LogP contribution in [0.2, 0.25) is 0 Å². The van der Waals surface area contributed by atoms with Crippen LogP contribution < -0.4 is 27.8 Å². The van der Waals surface area contributed by atoms with E-state index in [9.17, 15) is 33.3 Å². The third-order valence-corrected chi connectivity index (χ3v) is 13.0. The van der Waals surface area contributed by atoms with Gasteiger partial charge in [0.2, 0.25) is 12.5 Å². The van der Waals surface area contributed by atoms with E-state index in [1.165, 1.54) is 26.4 Å². The van der Waals surface area contributed by atoms with E-state index in [4.69, 9.17) is 39.1 Å². The van der Waals surface area contributed by atoms with Gasteiger partial charge in [-0.05, 0) is 61.9 Å². The molecule has 0 aliphatic carbocycles. The molecule has 0 radical (unpaired) electrons. The minimum Gasteiger partial charge on any atom is -0.459 e. The van der Waals surface area contributed by atoms with Crippen molar-refractivity contribution in [1.29, 1.82) is 0 Å². The Bertz CT molecular complexity index is 2670. The minimum atomic E-state index is -4.70. The Kier molecular flexibility index (Phi) is 16.1. The highest BCUT2D eigenvalue weighted by Crippen LogP contribution is 2.54. The number of nitrogens with one attached hydrogen (secondary N) is 3. The van der Waals surface area contributed by atoms with Crippen molar-refractivity contribution in [2.24, 2.45) is 0 Å². The van der Waals surface area contributed by atoms with Crippen LogP contribution in [0.1, 0.15) is 84.5 Å². The maximum absolute atomic E-state index is 14.5. The van der Waals surface area contributed by atoms with Crippen LogP contribution in [-0.2, 0) is 46.7 Å². The number of hydrogen-bond donors (Lipinski definition) is 3. The second-order valence-corrected chi connectivity index (χ2v) is 17.3. The molecule has 0 spiro atoms. The topological polar surface area (TPSA) is 242 Å². The number of ether oxygens (including phenoxy) is 4. The number of methoxy groups -OCH3 is 1. The van der Waals surface area contributed by atoms with Crippen LogP contribution in [0, 0.1) is 34.3 Å². The first-order chi connectivity index (χ1) is 31.1. The van der Waals surface area contributed by atoms with E-state index in [-0.39, 0.29) is 44.4 Å². The van der Waals surface area contributed by atoms with E-state index in [2.05, 4.69) is 20.1 Å². The van der Waals surface area contributed by atoms with Crippen LogP contribution >= 0.6 is 7.82 Å². The number of aromatic amines is 2. The average molecular weight is 921 g/mol. The average Bonchev–Trinajstić information content (AvgIpc) is 3.84. The van der Waals surface area contributed by atoms with Crippen molar-refractivity contribution in [3.8, 4) is 0 Å². The third-order valence-electron chi connectivity index (χ3n) is 11.5. The van der Waals surface area contributed by atoms with Crippen LogP contribution in [0.4, 0.5) is 0 Å². The number of amides is 1. The summed E-state index contributed by atoms with van der Waals surface area (Å²) in [4.78, 5) is 84.4. The molecular weight excluding hydrogens is 867 g/mol. The Balaban J connectivity index is 1.20. The number of carbonyl (C=O) groups excluding carboxylic acids is 2. The van der Waals surface area contributed by atoms with Gasteiger partial charge in [-0.25, -0.2) is 20.7 Å². The van der Waals surface area contributed by atoms with E-state index >= 15 is 0 Å². The highest BCUT2D eigenvalue weighted by Gasteiger charge is 2.51. The maximum Gasteiger partial charge on any atom is 0.475 e. The van der Waals surface area contributed by atoms with Gasteiger partial charge in [0.1, 0.15) is 37.3 Å². The predicted molar refractivity (Wildman–Crippen MR) is 233 cm³/mol. The lowest BCUT2D eigenvalue weighted by Gasteiger charge is -2.28. The largest absolute Gasteiger partial charge is 0.475 e. The Morgan fingerprint density at radius 2 is 1.65 bits per heavy atom. The molecule has 2 aliphatic heterocycles. The molecule has 0 bridgehead atoms. The standard InChI is InChI=1S/C44H53N6O14P/c1-8-31-39(40(58-7)42(63-31)49-20-18-35(52)47-43(49)55)64-65(57,59-21-19-45-6)60-24-33-32(22-36(61-33)50-23-26(3)41(54)48-44(50)56)62-37(53)17-16-34(51)46-38(29-12-10-9-11-13-29)30-15-14-25(2)27(4)28(30)5/h9-15,18,20,23,31-33,36,38-40,42H,8,16-17,19,21-22,24H2,1-5,7H3,(H,46,51)(H,47,52,55)(H,48,54,56). The lowest BCUT2D eigenvalue weighted by atomic mass is 9.90. The SMILES string of the molecule is [C-]#[N+]CCOP(=O)(OCC1OC(n2cc(C)c(=O)[nH]c2=O)CC1OC(=O)CCC(=O)NC(c1ccccc1)c1ccc(C)c(C)c1C)OC1C(CC)OC(n2ccc(=O)[nH]c2=O)C1OC. The number of hydrogen-bond acceptors (Lipinski definition) is 14. The molecule has 2 saturated heterocycles. The number of nitrogens with zero attached hydrogens (tertiary/aromatic N) is 3. The van der Waals surface area contributed by atoms with Crippen LogP contribution in [-0.4, -0.2) is 88.4 Å². The first-order valence-corrected chi connectivity index (χ1v) is 22.5. The first-order valence-electron chi connectivity index (χ1n) is 21.0. The van der Waals surface area contributed by atoms with Crippen LogP contribution in [0.15, 0.2) is 80.1 Å². The molecule has 2 fully saturated rings. The summed E-state index contributed by atoms with van der Waals surface area (Å²) < 4.78 is 58.1. The minimum absolute atomic E-state index is 0.126. The Morgan fingerprint density at radius 1 is 0.908 bits per heavy atom. The molecule has 348 valence electrons. The van der Waals surface area contributed by atoms with E-state index in [0.29, 0.717) is 0 Å². The fourth-order valence-electron chi connectivity index (χ4n) is 7.77. The Morgan fingerprint density at radius 3 is 2.34 bits per heavy atom. The number of H-pyrrole nitrogens is 2. The molecule has 2 aromatic heterocycles. The van der Waals surface area contributed by atoms with Crippen LogP contribution in [0.5, 0.6) is 0 Å². The summed E-state index contributed by atoms with van der Waals surface area (Å²) in [5.74, 6) is -1.20.